The highest BCUT2D eigenvalue weighted by molar-refractivity contribution is 7.92. The lowest BCUT2D eigenvalue weighted by atomic mass is 10.6. The lowest BCUT2D eigenvalue weighted by Gasteiger charge is -2.23. The van der Waals surface area contributed by atoms with E-state index in [0.29, 0.717) is 11.5 Å². The molecule has 2 nitrogen and oxygen atoms in total. The second kappa shape index (κ2) is 6.85. The predicted octanol–water partition coefficient (Wildman–Crippen LogP) is 2.89. The highest BCUT2D eigenvalue weighted by atomic mass is 32.2. The molecule has 0 radical (unpaired) electrons. The van der Waals surface area contributed by atoms with Gasteiger partial charge in [0.15, 0.2) is 9.84 Å². The molecule has 0 aromatic carbocycles. The maximum Gasteiger partial charge on any atom is 0.153 e. The highest BCUT2D eigenvalue weighted by Crippen LogP contribution is 2.57. The fourth-order valence-corrected chi connectivity index (χ4v) is 7.67. The van der Waals surface area contributed by atoms with Gasteiger partial charge in [0, 0.05) is 7.26 Å². The van der Waals surface area contributed by atoms with Crippen LogP contribution in [0.1, 0.15) is 34.1 Å². The average molecular weight is 253 g/mol. The van der Waals surface area contributed by atoms with Gasteiger partial charge >= 0.3 is 0 Å². The zero-order valence-corrected chi connectivity index (χ0v) is 12.3. The van der Waals surface area contributed by atoms with Gasteiger partial charge in [-0.05, 0) is 27.2 Å². The summed E-state index contributed by atoms with van der Waals surface area (Å²) < 4.78 is 23.3. The van der Waals surface area contributed by atoms with E-state index >= 15 is 0 Å². The summed E-state index contributed by atoms with van der Waals surface area (Å²) in [6.07, 6.45) is 5.28. The monoisotopic (exact) mass is 253 g/mol. The van der Waals surface area contributed by atoms with Crippen LogP contribution in [0.5, 0.6) is 0 Å². The maximum atomic E-state index is 11.6. The molecule has 0 amide bonds. The van der Waals surface area contributed by atoms with Crippen LogP contribution >= 0.6 is 7.26 Å². The summed E-state index contributed by atoms with van der Waals surface area (Å²) in [5.41, 5.74) is 0. The molecule has 0 aliphatic carbocycles. The Balaban J connectivity index is 4.34. The van der Waals surface area contributed by atoms with Crippen LogP contribution in [0.15, 0.2) is 0 Å². The van der Waals surface area contributed by atoms with Crippen LogP contribution in [-0.4, -0.2) is 44.6 Å². The van der Waals surface area contributed by atoms with Gasteiger partial charge in [-0.2, -0.15) is 0 Å². The zero-order valence-electron chi connectivity index (χ0n) is 10.6. The van der Waals surface area contributed by atoms with Crippen molar-refractivity contribution in [2.45, 2.75) is 34.1 Å². The van der Waals surface area contributed by atoms with Gasteiger partial charge in [-0.25, -0.2) is 8.42 Å². The maximum absolute atomic E-state index is 11.6. The van der Waals surface area contributed by atoms with E-state index in [1.807, 2.05) is 6.92 Å². The topological polar surface area (TPSA) is 34.1 Å². The summed E-state index contributed by atoms with van der Waals surface area (Å²) in [6.45, 7) is 8.58. The molecule has 0 aliphatic heterocycles. The average Bonchev–Trinajstić information content (AvgIpc) is 2.21. The second-order valence-electron chi connectivity index (χ2n) is 4.17. The smallest absolute Gasteiger partial charge is 0.153 e. The molecule has 92 valence electrons. The van der Waals surface area contributed by atoms with E-state index in [-0.39, 0.29) is 0 Å². The van der Waals surface area contributed by atoms with Crippen molar-refractivity contribution in [3.8, 4) is 0 Å². The van der Waals surface area contributed by atoms with Gasteiger partial charge in [-0.3, -0.25) is 0 Å². The minimum absolute atomic E-state index is 0.365. The molecular weight excluding hydrogens is 227 g/mol. The van der Waals surface area contributed by atoms with Gasteiger partial charge in [-0.1, -0.05) is 6.92 Å². The molecule has 0 saturated carbocycles. The first kappa shape index (κ1) is 15.4. The van der Waals surface area contributed by atoms with Crippen molar-refractivity contribution in [1.29, 1.82) is 0 Å². The summed E-state index contributed by atoms with van der Waals surface area (Å²) >= 11 is 0. The summed E-state index contributed by atoms with van der Waals surface area (Å²) in [5, 5.41) is 0. The van der Waals surface area contributed by atoms with E-state index in [2.05, 4.69) is 20.8 Å². The van der Waals surface area contributed by atoms with Gasteiger partial charge in [0.25, 0.3) is 0 Å². The molecular formula is C11H26O2PS+. The van der Waals surface area contributed by atoms with Crippen molar-refractivity contribution >= 4 is 17.1 Å². The SMILES string of the molecule is CCCS(=O)(=O)CC[P+](CC)(CC)CC. The lowest BCUT2D eigenvalue weighted by molar-refractivity contribution is 0.596. The Bertz CT molecular complexity index is 247. The van der Waals surface area contributed by atoms with Gasteiger partial charge < -0.3 is 0 Å². The van der Waals surface area contributed by atoms with E-state index in [4.69, 9.17) is 0 Å². The zero-order chi connectivity index (χ0) is 11.9. The van der Waals surface area contributed by atoms with Gasteiger partial charge in [0.1, 0.15) is 0 Å². The minimum atomic E-state index is -2.77. The van der Waals surface area contributed by atoms with Crippen LogP contribution < -0.4 is 0 Å². The van der Waals surface area contributed by atoms with Crippen LogP contribution in [0.2, 0.25) is 0 Å². The fourth-order valence-electron chi connectivity index (χ4n) is 1.89. The normalized spacial score (nSPS) is 13.1. The molecule has 4 heteroatoms. The van der Waals surface area contributed by atoms with Crippen molar-refractivity contribution in [2.75, 3.05) is 36.2 Å². The first-order valence-electron chi connectivity index (χ1n) is 6.00. The summed E-state index contributed by atoms with van der Waals surface area (Å²) in [7, 11) is -3.71. The Hall–Kier alpha value is 0.380. The van der Waals surface area contributed by atoms with E-state index in [0.717, 1.165) is 12.6 Å². The Kier molecular flexibility index (Phi) is 7.03. The first-order valence-corrected chi connectivity index (χ1v) is 10.4. The van der Waals surface area contributed by atoms with E-state index < -0.39 is 17.1 Å². The van der Waals surface area contributed by atoms with Crippen LogP contribution in [0, 0.1) is 0 Å². The standard InChI is InChI=1S/C11H26O2PS/c1-5-10-15(12,13)11-9-14(6-2,7-3)8-4/h5-11H2,1-4H3/q+1. The summed E-state index contributed by atoms with van der Waals surface area (Å²) in [5.74, 6) is 0.786. The fraction of sp³-hybridized carbons (Fsp3) is 1.00. The van der Waals surface area contributed by atoms with Gasteiger partial charge in [-0.15, -0.1) is 0 Å². The molecule has 0 saturated heterocycles. The number of rotatable bonds is 8. The molecule has 0 spiro atoms. The molecule has 0 aromatic heterocycles. The van der Waals surface area contributed by atoms with E-state index in [1.54, 1.807) is 0 Å². The van der Waals surface area contributed by atoms with E-state index in [1.165, 1.54) is 18.5 Å². The highest BCUT2D eigenvalue weighted by Gasteiger charge is 2.32. The van der Waals surface area contributed by atoms with Gasteiger partial charge in [0.05, 0.1) is 36.2 Å². The molecule has 0 atom stereocenters. The molecule has 0 fully saturated rings. The largest absolute Gasteiger partial charge is 0.229 e. The van der Waals surface area contributed by atoms with E-state index in [9.17, 15) is 8.42 Å². The van der Waals surface area contributed by atoms with Crippen LogP contribution in [0.3, 0.4) is 0 Å². The minimum Gasteiger partial charge on any atom is -0.229 e. The summed E-state index contributed by atoms with van der Waals surface area (Å²) in [4.78, 5) is 0. The Morgan fingerprint density at radius 1 is 0.867 bits per heavy atom. The van der Waals surface area contributed by atoms with Crippen LogP contribution in [-0.2, 0) is 9.84 Å². The molecule has 0 aliphatic rings. The first-order chi connectivity index (χ1) is 6.95. The molecule has 0 unspecified atom stereocenters. The van der Waals surface area contributed by atoms with Crippen molar-refractivity contribution in [1.82, 2.24) is 0 Å². The third-order valence-electron chi connectivity index (χ3n) is 3.40. The molecule has 0 rings (SSSR count). The predicted molar refractivity (Wildman–Crippen MR) is 72.4 cm³/mol. The molecule has 0 heterocycles. The molecule has 0 N–H and O–H groups in total. The summed E-state index contributed by atoms with van der Waals surface area (Å²) in [6, 6.07) is 0. The Labute approximate surface area is 96.1 Å². The van der Waals surface area contributed by atoms with Crippen molar-refractivity contribution < 1.29 is 8.42 Å². The van der Waals surface area contributed by atoms with Crippen molar-refractivity contribution in [2.24, 2.45) is 0 Å². The third-order valence-corrected chi connectivity index (χ3v) is 10.8. The number of sulfone groups is 1. The number of hydrogen-bond acceptors (Lipinski definition) is 2. The second-order valence-corrected chi connectivity index (χ2v) is 11.5. The quantitative estimate of drug-likeness (QED) is 0.623. The Morgan fingerprint density at radius 2 is 1.33 bits per heavy atom. The van der Waals surface area contributed by atoms with Crippen molar-refractivity contribution in [3.05, 3.63) is 0 Å². The van der Waals surface area contributed by atoms with Crippen LogP contribution in [0.4, 0.5) is 0 Å². The third kappa shape index (κ3) is 5.31. The Morgan fingerprint density at radius 3 is 1.67 bits per heavy atom. The van der Waals surface area contributed by atoms with Crippen molar-refractivity contribution in [3.63, 3.8) is 0 Å². The van der Waals surface area contributed by atoms with Crippen LogP contribution in [0.25, 0.3) is 0 Å². The molecule has 0 bridgehead atoms. The molecule has 0 aromatic rings. The lowest BCUT2D eigenvalue weighted by Crippen LogP contribution is -2.18. The van der Waals surface area contributed by atoms with Gasteiger partial charge in [0.2, 0.25) is 0 Å². The molecule has 15 heavy (non-hydrogen) atoms. The number of hydrogen-bond donors (Lipinski definition) is 0.